The number of nitrogens with two attached hydrogens (primary N) is 1. The molecule has 0 saturated carbocycles. The summed E-state index contributed by atoms with van der Waals surface area (Å²) in [5.74, 6) is -0.761. The highest BCUT2D eigenvalue weighted by atomic mass is 19.4. The Hall–Kier alpha value is -2.92. The van der Waals surface area contributed by atoms with Crippen LogP contribution in [0, 0.1) is 0 Å². The minimum Gasteiger partial charge on any atom is -0.457 e. The molecule has 2 aromatic rings. The van der Waals surface area contributed by atoms with Gasteiger partial charge in [0.1, 0.15) is 12.4 Å². The molecule has 0 aliphatic carbocycles. The Morgan fingerprint density at radius 1 is 1.30 bits per heavy atom. The number of hydrogen-bond acceptors (Lipinski definition) is 7. The maximum Gasteiger partial charge on any atom is 0.416 e. The van der Waals surface area contributed by atoms with Crippen molar-refractivity contribution in [3.63, 3.8) is 0 Å². The zero-order valence-corrected chi connectivity index (χ0v) is 13.7. The lowest BCUT2D eigenvalue weighted by molar-refractivity contribution is -0.137. The zero-order chi connectivity index (χ0) is 19.6. The van der Waals surface area contributed by atoms with E-state index in [1.165, 1.54) is 16.8 Å². The number of carbonyl (C=O) groups is 1. The summed E-state index contributed by atoms with van der Waals surface area (Å²) in [5, 5.41) is 0. The van der Waals surface area contributed by atoms with Gasteiger partial charge in [-0.15, -0.1) is 0 Å². The number of halogens is 3. The van der Waals surface area contributed by atoms with E-state index in [0.717, 1.165) is 24.3 Å². The lowest BCUT2D eigenvalue weighted by Crippen LogP contribution is -2.29. The van der Waals surface area contributed by atoms with Gasteiger partial charge >= 0.3 is 17.8 Å². The third-order valence-electron chi connectivity index (χ3n) is 3.69. The standard InChI is InChI=1S/C16H14F3N3O5/c17-16(18,19)10-3-1-9(2-4-10)14(23)26-8-13-25-7-12(27-13)22-6-5-11(20)21-15(22)24/h1-6,12-13H,7-8H2,(H2,20,21,24)/t12-,13-/m0/s1. The fourth-order valence-corrected chi connectivity index (χ4v) is 2.34. The van der Waals surface area contributed by atoms with Gasteiger partial charge in [-0.05, 0) is 30.3 Å². The summed E-state index contributed by atoms with van der Waals surface area (Å²) in [4.78, 5) is 27.2. The van der Waals surface area contributed by atoms with Crippen LogP contribution in [0.3, 0.4) is 0 Å². The Bertz CT molecular complexity index is 882. The molecule has 0 bridgehead atoms. The highest BCUT2D eigenvalue weighted by Gasteiger charge is 2.31. The molecule has 11 heteroatoms. The maximum atomic E-state index is 12.5. The lowest BCUT2D eigenvalue weighted by atomic mass is 10.1. The van der Waals surface area contributed by atoms with Crippen molar-refractivity contribution in [2.45, 2.75) is 18.7 Å². The van der Waals surface area contributed by atoms with Crippen LogP contribution in [0.4, 0.5) is 19.0 Å². The predicted octanol–water partition coefficient (Wildman–Crippen LogP) is 1.57. The van der Waals surface area contributed by atoms with Crippen molar-refractivity contribution in [3.8, 4) is 0 Å². The van der Waals surface area contributed by atoms with Gasteiger partial charge in [0, 0.05) is 6.20 Å². The van der Waals surface area contributed by atoms with E-state index in [9.17, 15) is 22.8 Å². The number of ether oxygens (including phenoxy) is 3. The Morgan fingerprint density at radius 2 is 2.00 bits per heavy atom. The molecule has 2 atom stereocenters. The molecule has 1 fully saturated rings. The van der Waals surface area contributed by atoms with Gasteiger partial charge in [-0.2, -0.15) is 18.2 Å². The average Bonchev–Trinajstić information content (AvgIpc) is 3.07. The minimum atomic E-state index is -4.49. The lowest BCUT2D eigenvalue weighted by Gasteiger charge is -2.13. The van der Waals surface area contributed by atoms with Crippen LogP contribution in [0.5, 0.6) is 0 Å². The number of nitrogens with zero attached hydrogens (tertiary/aromatic N) is 2. The molecule has 2 heterocycles. The third-order valence-corrected chi connectivity index (χ3v) is 3.69. The van der Waals surface area contributed by atoms with E-state index >= 15 is 0 Å². The van der Waals surface area contributed by atoms with Crippen LogP contribution < -0.4 is 11.4 Å². The van der Waals surface area contributed by atoms with E-state index in [2.05, 4.69) is 4.98 Å². The number of rotatable bonds is 4. The molecule has 144 valence electrons. The van der Waals surface area contributed by atoms with E-state index < -0.39 is 35.9 Å². The van der Waals surface area contributed by atoms with Crippen LogP contribution in [0.1, 0.15) is 22.1 Å². The Morgan fingerprint density at radius 3 is 2.63 bits per heavy atom. The number of benzene rings is 1. The zero-order valence-electron chi connectivity index (χ0n) is 13.7. The number of esters is 1. The maximum absolute atomic E-state index is 12.5. The van der Waals surface area contributed by atoms with Crippen molar-refractivity contribution < 1.29 is 32.2 Å². The van der Waals surface area contributed by atoms with Crippen LogP contribution in [0.15, 0.2) is 41.3 Å². The highest BCUT2D eigenvalue weighted by molar-refractivity contribution is 5.89. The Labute approximate surface area is 150 Å². The molecular weight excluding hydrogens is 371 g/mol. The molecule has 1 aromatic carbocycles. The molecular formula is C16H14F3N3O5. The summed E-state index contributed by atoms with van der Waals surface area (Å²) in [5.41, 5.74) is 3.87. The van der Waals surface area contributed by atoms with Gasteiger partial charge in [-0.25, -0.2) is 9.59 Å². The number of alkyl halides is 3. The second kappa shape index (κ2) is 7.37. The second-order valence-electron chi connectivity index (χ2n) is 5.57. The second-order valence-corrected chi connectivity index (χ2v) is 5.57. The smallest absolute Gasteiger partial charge is 0.416 e. The van der Waals surface area contributed by atoms with Gasteiger partial charge in [0.15, 0.2) is 12.5 Å². The molecule has 27 heavy (non-hydrogen) atoms. The van der Waals surface area contributed by atoms with Crippen molar-refractivity contribution in [1.82, 2.24) is 9.55 Å². The van der Waals surface area contributed by atoms with E-state index in [1.54, 1.807) is 0 Å². The van der Waals surface area contributed by atoms with Gasteiger partial charge in [0.05, 0.1) is 17.7 Å². The van der Waals surface area contributed by atoms with Crippen molar-refractivity contribution in [1.29, 1.82) is 0 Å². The number of hydrogen-bond donors (Lipinski definition) is 1. The van der Waals surface area contributed by atoms with E-state index in [0.29, 0.717) is 0 Å². The molecule has 8 nitrogen and oxygen atoms in total. The van der Waals surface area contributed by atoms with Crippen LogP contribution in [-0.4, -0.2) is 35.0 Å². The van der Waals surface area contributed by atoms with E-state index in [1.807, 2.05) is 0 Å². The molecule has 1 aliphatic heterocycles. The number of aromatic nitrogens is 2. The van der Waals surface area contributed by atoms with Crippen LogP contribution in [0.2, 0.25) is 0 Å². The van der Waals surface area contributed by atoms with Gasteiger partial charge in [0.25, 0.3) is 0 Å². The first-order valence-corrected chi connectivity index (χ1v) is 7.70. The summed E-state index contributed by atoms with van der Waals surface area (Å²) in [6, 6.07) is 5.03. The molecule has 0 unspecified atom stereocenters. The molecule has 2 N–H and O–H groups in total. The molecule has 1 saturated heterocycles. The summed E-state index contributed by atoms with van der Waals surface area (Å²) in [6.45, 7) is -0.276. The number of nitrogen functional groups attached to an aromatic ring is 1. The average molecular weight is 385 g/mol. The Balaban J connectivity index is 1.55. The molecule has 0 radical (unpaired) electrons. The van der Waals surface area contributed by atoms with E-state index in [4.69, 9.17) is 19.9 Å². The first-order valence-electron chi connectivity index (χ1n) is 7.70. The van der Waals surface area contributed by atoms with Crippen LogP contribution in [0.25, 0.3) is 0 Å². The van der Waals surface area contributed by atoms with Crippen molar-refractivity contribution in [2.24, 2.45) is 0 Å². The summed E-state index contributed by atoms with van der Waals surface area (Å²) < 4.78 is 54.4. The molecule has 3 rings (SSSR count). The summed E-state index contributed by atoms with van der Waals surface area (Å²) in [7, 11) is 0. The molecule has 0 amide bonds. The van der Waals surface area contributed by atoms with Crippen LogP contribution in [-0.2, 0) is 20.4 Å². The van der Waals surface area contributed by atoms with Gasteiger partial charge in [-0.1, -0.05) is 0 Å². The highest BCUT2D eigenvalue weighted by Crippen LogP contribution is 2.29. The van der Waals surface area contributed by atoms with Crippen LogP contribution >= 0.6 is 0 Å². The predicted molar refractivity (Wildman–Crippen MR) is 84.5 cm³/mol. The Kier molecular flexibility index (Phi) is 5.15. The number of anilines is 1. The summed E-state index contributed by atoms with van der Waals surface area (Å²) in [6.07, 6.45) is -4.79. The minimum absolute atomic E-state index is 0.0218. The quantitative estimate of drug-likeness (QED) is 0.797. The summed E-state index contributed by atoms with van der Waals surface area (Å²) >= 11 is 0. The normalized spacial score (nSPS) is 19.8. The molecule has 1 aromatic heterocycles. The third kappa shape index (κ3) is 4.44. The topological polar surface area (TPSA) is 106 Å². The fraction of sp³-hybridized carbons (Fsp3) is 0.312. The SMILES string of the molecule is Nc1ccn([C@@H]2CO[C@H](COC(=O)c3ccc(C(F)(F)F)cc3)O2)c(=O)n1. The molecule has 0 spiro atoms. The van der Waals surface area contributed by atoms with E-state index in [-0.39, 0.29) is 24.6 Å². The van der Waals surface area contributed by atoms with Crippen molar-refractivity contribution in [2.75, 3.05) is 18.9 Å². The van der Waals surface area contributed by atoms with Gasteiger partial charge in [-0.3, -0.25) is 4.57 Å². The fourth-order valence-electron chi connectivity index (χ4n) is 2.34. The number of carbonyl (C=O) groups excluding carboxylic acids is 1. The largest absolute Gasteiger partial charge is 0.457 e. The monoisotopic (exact) mass is 385 g/mol. The van der Waals surface area contributed by atoms with Gasteiger partial charge in [0.2, 0.25) is 0 Å². The van der Waals surface area contributed by atoms with Gasteiger partial charge < -0.3 is 19.9 Å². The first kappa shape index (κ1) is 18.9. The van der Waals surface area contributed by atoms with Crippen molar-refractivity contribution in [3.05, 3.63) is 58.1 Å². The molecule has 1 aliphatic rings. The van der Waals surface area contributed by atoms with Crippen molar-refractivity contribution >= 4 is 11.8 Å². The first-order chi connectivity index (χ1) is 12.7.